The van der Waals surface area contributed by atoms with Crippen LogP contribution in [-0.2, 0) is 14.8 Å². The first-order valence-corrected chi connectivity index (χ1v) is 10.2. The van der Waals surface area contributed by atoms with E-state index in [1.54, 1.807) is 0 Å². The van der Waals surface area contributed by atoms with E-state index in [4.69, 9.17) is 11.6 Å². The van der Waals surface area contributed by atoms with E-state index in [1.165, 1.54) is 0 Å². The average molecular weight is 409 g/mol. The Morgan fingerprint density at radius 1 is 1.31 bits per heavy atom. The highest BCUT2D eigenvalue weighted by Gasteiger charge is 2.39. The van der Waals surface area contributed by atoms with Gasteiger partial charge in [-0.25, -0.2) is 17.2 Å². The number of halogens is 3. The fourth-order valence-electron chi connectivity index (χ4n) is 2.90. The highest BCUT2D eigenvalue weighted by molar-refractivity contribution is 7.89. The number of hydrogen-bond donors (Lipinski definition) is 1. The minimum atomic E-state index is -4.09. The third-order valence-electron chi connectivity index (χ3n) is 4.05. The van der Waals surface area contributed by atoms with E-state index in [9.17, 15) is 22.0 Å². The van der Waals surface area contributed by atoms with Crippen molar-refractivity contribution in [2.45, 2.75) is 62.9 Å². The van der Waals surface area contributed by atoms with E-state index in [0.717, 1.165) is 28.9 Å². The maximum absolute atomic E-state index is 13.0. The zero-order chi connectivity index (χ0) is 19.7. The van der Waals surface area contributed by atoms with Gasteiger partial charge < -0.3 is 5.32 Å². The van der Waals surface area contributed by atoms with Crippen molar-refractivity contribution in [3.63, 3.8) is 0 Å². The van der Waals surface area contributed by atoms with Gasteiger partial charge in [-0.1, -0.05) is 24.1 Å². The number of piperidine rings is 1. The fourth-order valence-corrected chi connectivity index (χ4v) is 5.08. The summed E-state index contributed by atoms with van der Waals surface area (Å²) >= 11 is 5.97. The maximum atomic E-state index is 13.0. The molecule has 1 heterocycles. The molecule has 146 valence electrons. The van der Waals surface area contributed by atoms with Gasteiger partial charge in [0.25, 0.3) is 6.43 Å². The van der Waals surface area contributed by atoms with Crippen molar-refractivity contribution in [1.82, 2.24) is 9.62 Å². The van der Waals surface area contributed by atoms with Crippen molar-refractivity contribution < 1.29 is 22.0 Å². The van der Waals surface area contributed by atoms with Gasteiger partial charge in [0, 0.05) is 17.6 Å². The standard InChI is InChI=1S/C17H23ClF2N2O3S/c1-17(2,3)21-16(23)13-6-4-5-9-22(13)26(24,25)14-8-7-11(15(19)20)10-12(14)18/h7-8,10,13,15H,4-6,9H2,1-3H3,(H,21,23)/t13-/m0/s1. The summed E-state index contributed by atoms with van der Waals surface area (Å²) in [6, 6.07) is 2.22. The van der Waals surface area contributed by atoms with E-state index < -0.39 is 28.0 Å². The lowest BCUT2D eigenvalue weighted by Gasteiger charge is -2.35. The van der Waals surface area contributed by atoms with Crippen LogP contribution in [0.1, 0.15) is 52.0 Å². The predicted octanol–water partition coefficient (Wildman–Crippen LogP) is 3.74. The minimum Gasteiger partial charge on any atom is -0.350 e. The molecule has 26 heavy (non-hydrogen) atoms. The summed E-state index contributed by atoms with van der Waals surface area (Å²) in [4.78, 5) is 12.3. The molecule has 0 saturated carbocycles. The van der Waals surface area contributed by atoms with Crippen molar-refractivity contribution >= 4 is 27.5 Å². The summed E-state index contributed by atoms with van der Waals surface area (Å²) in [6.07, 6.45) is -1.00. The molecule has 1 aromatic carbocycles. The van der Waals surface area contributed by atoms with Crippen LogP contribution in [0.4, 0.5) is 8.78 Å². The molecule has 0 radical (unpaired) electrons. The van der Waals surface area contributed by atoms with Crippen LogP contribution in [0.5, 0.6) is 0 Å². The molecule has 1 atom stereocenters. The third-order valence-corrected chi connectivity index (χ3v) is 6.44. The average Bonchev–Trinajstić information content (AvgIpc) is 2.52. The lowest BCUT2D eigenvalue weighted by atomic mass is 10.0. The van der Waals surface area contributed by atoms with E-state index in [0.29, 0.717) is 12.8 Å². The number of benzene rings is 1. The van der Waals surface area contributed by atoms with Crippen LogP contribution in [-0.4, -0.2) is 36.8 Å². The number of alkyl halides is 2. The monoisotopic (exact) mass is 408 g/mol. The topological polar surface area (TPSA) is 66.5 Å². The molecule has 1 amide bonds. The number of nitrogens with zero attached hydrogens (tertiary/aromatic N) is 1. The van der Waals surface area contributed by atoms with E-state index in [1.807, 2.05) is 20.8 Å². The largest absolute Gasteiger partial charge is 0.350 e. The highest BCUT2D eigenvalue weighted by Crippen LogP contribution is 2.32. The van der Waals surface area contributed by atoms with Crippen LogP contribution in [0.3, 0.4) is 0 Å². The molecular formula is C17H23ClF2N2O3S. The van der Waals surface area contributed by atoms with Crippen molar-refractivity contribution in [2.75, 3.05) is 6.54 Å². The Labute approximate surface area is 157 Å². The molecular weight excluding hydrogens is 386 g/mol. The van der Waals surface area contributed by atoms with Crippen molar-refractivity contribution in [3.8, 4) is 0 Å². The second kappa shape index (κ2) is 7.78. The number of nitrogens with one attached hydrogen (secondary N) is 1. The molecule has 0 aliphatic carbocycles. The Hall–Kier alpha value is -1.25. The Morgan fingerprint density at radius 3 is 2.50 bits per heavy atom. The zero-order valence-corrected chi connectivity index (χ0v) is 16.5. The van der Waals surface area contributed by atoms with Crippen LogP contribution < -0.4 is 5.32 Å². The van der Waals surface area contributed by atoms with E-state index in [2.05, 4.69) is 5.32 Å². The summed E-state index contributed by atoms with van der Waals surface area (Å²) in [7, 11) is -4.09. The Balaban J connectivity index is 2.37. The van der Waals surface area contributed by atoms with Gasteiger partial charge in [-0.05, 0) is 45.7 Å². The molecule has 5 nitrogen and oxygen atoms in total. The normalized spacial score (nSPS) is 19.6. The van der Waals surface area contributed by atoms with Gasteiger partial charge in [0.15, 0.2) is 0 Å². The number of rotatable bonds is 4. The lowest BCUT2D eigenvalue weighted by molar-refractivity contribution is -0.127. The first-order chi connectivity index (χ1) is 11.9. The first kappa shape index (κ1) is 21.1. The van der Waals surface area contributed by atoms with Crippen LogP contribution in [0.15, 0.2) is 23.1 Å². The van der Waals surface area contributed by atoms with Gasteiger partial charge in [-0.2, -0.15) is 4.31 Å². The molecule has 0 unspecified atom stereocenters. The SMILES string of the molecule is CC(C)(C)NC(=O)[C@@H]1CCCCN1S(=O)(=O)c1ccc(C(F)F)cc1Cl. The van der Waals surface area contributed by atoms with Gasteiger partial charge in [0.2, 0.25) is 15.9 Å². The molecule has 0 bridgehead atoms. The van der Waals surface area contributed by atoms with Crippen molar-refractivity contribution in [3.05, 3.63) is 28.8 Å². The van der Waals surface area contributed by atoms with E-state index in [-0.39, 0.29) is 27.9 Å². The molecule has 1 saturated heterocycles. The number of hydrogen-bond acceptors (Lipinski definition) is 3. The summed E-state index contributed by atoms with van der Waals surface area (Å²) in [5.74, 6) is -0.374. The van der Waals surface area contributed by atoms with E-state index >= 15 is 0 Å². The van der Waals surface area contributed by atoms with Gasteiger partial charge in [0.05, 0.1) is 5.02 Å². The van der Waals surface area contributed by atoms with Crippen LogP contribution in [0.25, 0.3) is 0 Å². The Morgan fingerprint density at radius 2 is 1.96 bits per heavy atom. The zero-order valence-electron chi connectivity index (χ0n) is 14.9. The summed E-state index contributed by atoms with van der Waals surface area (Å²) in [6.45, 7) is 5.61. The Kier molecular flexibility index (Phi) is 6.30. The fraction of sp³-hybridized carbons (Fsp3) is 0.588. The maximum Gasteiger partial charge on any atom is 0.263 e. The number of amides is 1. The summed E-state index contributed by atoms with van der Waals surface area (Å²) in [5, 5.41) is 2.53. The van der Waals surface area contributed by atoms with Gasteiger partial charge in [0.1, 0.15) is 10.9 Å². The number of carbonyl (C=O) groups is 1. The number of sulfonamides is 1. The van der Waals surface area contributed by atoms with Gasteiger partial charge in [-0.15, -0.1) is 0 Å². The van der Waals surface area contributed by atoms with Crippen LogP contribution in [0, 0.1) is 0 Å². The van der Waals surface area contributed by atoms with Gasteiger partial charge >= 0.3 is 0 Å². The molecule has 2 rings (SSSR count). The minimum absolute atomic E-state index is 0.178. The van der Waals surface area contributed by atoms with Crippen LogP contribution in [0.2, 0.25) is 5.02 Å². The van der Waals surface area contributed by atoms with Crippen LogP contribution >= 0.6 is 11.6 Å². The van der Waals surface area contributed by atoms with Gasteiger partial charge in [-0.3, -0.25) is 4.79 Å². The second-order valence-corrected chi connectivity index (χ2v) is 9.62. The molecule has 1 aliphatic heterocycles. The molecule has 0 spiro atoms. The molecule has 1 N–H and O–H groups in total. The molecule has 9 heteroatoms. The molecule has 1 aliphatic rings. The molecule has 0 aromatic heterocycles. The highest BCUT2D eigenvalue weighted by atomic mass is 35.5. The summed E-state index contributed by atoms with van der Waals surface area (Å²) in [5.41, 5.74) is -0.852. The second-order valence-electron chi connectivity index (χ2n) is 7.36. The third kappa shape index (κ3) is 4.72. The smallest absolute Gasteiger partial charge is 0.263 e. The van der Waals surface area contributed by atoms with Crippen molar-refractivity contribution in [1.29, 1.82) is 0 Å². The molecule has 1 aromatic rings. The Bertz CT molecular complexity index is 779. The lowest BCUT2D eigenvalue weighted by Crippen LogP contribution is -2.55. The van der Waals surface area contributed by atoms with Crippen molar-refractivity contribution in [2.24, 2.45) is 0 Å². The molecule has 1 fully saturated rings. The summed E-state index contributed by atoms with van der Waals surface area (Å²) < 4.78 is 52.8. The first-order valence-electron chi connectivity index (χ1n) is 8.35. The quantitative estimate of drug-likeness (QED) is 0.825. The predicted molar refractivity (Wildman–Crippen MR) is 95.8 cm³/mol. The number of carbonyl (C=O) groups excluding carboxylic acids is 1.